The quantitative estimate of drug-likeness (QED) is 0.777. The summed E-state index contributed by atoms with van der Waals surface area (Å²) in [5, 5.41) is 10.1. The molecule has 0 heterocycles. The van der Waals surface area contributed by atoms with Crippen LogP contribution in [0.2, 0.25) is 0 Å². The fourth-order valence-corrected chi connectivity index (χ4v) is 2.01. The molecule has 1 aromatic carbocycles. The van der Waals surface area contributed by atoms with Crippen LogP contribution in [0.5, 0.6) is 11.5 Å². The minimum atomic E-state index is -1.38. The van der Waals surface area contributed by atoms with Crippen LogP contribution in [0, 0.1) is 0 Å². The van der Waals surface area contributed by atoms with E-state index in [-0.39, 0.29) is 6.61 Å². The molecule has 0 radical (unpaired) electrons. The van der Waals surface area contributed by atoms with Crippen molar-refractivity contribution >= 4 is 5.97 Å². The van der Waals surface area contributed by atoms with Gasteiger partial charge in [-0.15, -0.1) is 0 Å². The van der Waals surface area contributed by atoms with E-state index in [1.165, 1.54) is 7.11 Å². The average molecular weight is 282 g/mol. The molecular formula is C15H22O5. The van der Waals surface area contributed by atoms with E-state index in [1.807, 2.05) is 0 Å². The Kier molecular flexibility index (Phi) is 6.31. The minimum absolute atomic E-state index is 0.212. The van der Waals surface area contributed by atoms with Gasteiger partial charge in [-0.25, -0.2) is 4.79 Å². The lowest BCUT2D eigenvalue weighted by molar-refractivity contribution is -0.153. The lowest BCUT2D eigenvalue weighted by Gasteiger charge is -2.17. The Morgan fingerprint density at radius 2 is 1.85 bits per heavy atom. The number of aryl methyl sites for hydroxylation is 1. The number of aliphatic hydroxyl groups is 1. The molecule has 0 saturated heterocycles. The second-order valence-electron chi connectivity index (χ2n) is 4.31. The van der Waals surface area contributed by atoms with E-state index in [0.29, 0.717) is 17.1 Å². The highest BCUT2D eigenvalue weighted by atomic mass is 16.5. The van der Waals surface area contributed by atoms with Gasteiger partial charge >= 0.3 is 5.97 Å². The van der Waals surface area contributed by atoms with Crippen LogP contribution in [0.1, 0.15) is 37.5 Å². The molecule has 0 spiro atoms. The van der Waals surface area contributed by atoms with Crippen molar-refractivity contribution in [3.8, 4) is 11.5 Å². The Balaban J connectivity index is 3.20. The van der Waals surface area contributed by atoms with Gasteiger partial charge in [0.05, 0.1) is 20.8 Å². The van der Waals surface area contributed by atoms with E-state index in [9.17, 15) is 9.90 Å². The molecule has 0 aliphatic rings. The molecule has 0 aromatic heterocycles. The molecule has 0 amide bonds. The van der Waals surface area contributed by atoms with Crippen molar-refractivity contribution < 1.29 is 24.1 Å². The third-order valence-corrected chi connectivity index (χ3v) is 2.96. The van der Waals surface area contributed by atoms with E-state index in [4.69, 9.17) is 14.2 Å². The maximum absolute atomic E-state index is 11.7. The Hall–Kier alpha value is -1.75. The van der Waals surface area contributed by atoms with Gasteiger partial charge in [0.2, 0.25) is 0 Å². The molecule has 0 bridgehead atoms. The largest absolute Gasteiger partial charge is 0.496 e. The van der Waals surface area contributed by atoms with Crippen molar-refractivity contribution in [3.63, 3.8) is 0 Å². The summed E-state index contributed by atoms with van der Waals surface area (Å²) in [6.07, 6.45) is 0.406. The van der Waals surface area contributed by atoms with E-state index in [0.717, 1.165) is 18.4 Å². The topological polar surface area (TPSA) is 65.0 Å². The summed E-state index contributed by atoms with van der Waals surface area (Å²) in [6.45, 7) is 3.96. The Morgan fingerprint density at radius 3 is 2.35 bits per heavy atom. The van der Waals surface area contributed by atoms with Gasteiger partial charge in [-0.2, -0.15) is 0 Å². The number of methoxy groups -OCH3 is 2. The summed E-state index contributed by atoms with van der Waals surface area (Å²) >= 11 is 0. The number of rotatable bonds is 7. The number of aliphatic hydroxyl groups excluding tert-OH is 1. The lowest BCUT2D eigenvalue weighted by atomic mass is 10.0. The second-order valence-corrected chi connectivity index (χ2v) is 4.31. The standard InChI is InChI=1S/C15H22O5/c1-5-7-10-8-13(19-4)11(9-12(10)18-3)14(16)15(17)20-6-2/h8-9,14,16H,5-7H2,1-4H3. The SMILES string of the molecule is CCCc1cc(OC)c(C(O)C(=O)OCC)cc1OC. The molecule has 0 aliphatic carbocycles. The first-order valence-corrected chi connectivity index (χ1v) is 6.68. The highest BCUT2D eigenvalue weighted by Crippen LogP contribution is 2.34. The number of hydrogen-bond donors (Lipinski definition) is 1. The fourth-order valence-electron chi connectivity index (χ4n) is 2.01. The highest BCUT2D eigenvalue weighted by molar-refractivity contribution is 5.77. The molecule has 0 fully saturated rings. The van der Waals surface area contributed by atoms with Crippen molar-refractivity contribution in [1.82, 2.24) is 0 Å². The molecule has 20 heavy (non-hydrogen) atoms. The molecular weight excluding hydrogens is 260 g/mol. The summed E-state index contributed by atoms with van der Waals surface area (Å²) in [4.78, 5) is 11.7. The van der Waals surface area contributed by atoms with Crippen LogP contribution in [-0.2, 0) is 16.0 Å². The maximum atomic E-state index is 11.7. The van der Waals surface area contributed by atoms with E-state index in [2.05, 4.69) is 6.92 Å². The van der Waals surface area contributed by atoms with Gasteiger partial charge in [0.1, 0.15) is 11.5 Å². The van der Waals surface area contributed by atoms with E-state index >= 15 is 0 Å². The summed E-state index contributed by atoms with van der Waals surface area (Å²) < 4.78 is 15.4. The number of carbonyl (C=O) groups excluding carboxylic acids is 1. The van der Waals surface area contributed by atoms with Crippen LogP contribution >= 0.6 is 0 Å². The second kappa shape index (κ2) is 7.75. The van der Waals surface area contributed by atoms with Gasteiger partial charge in [0.25, 0.3) is 0 Å². The molecule has 112 valence electrons. The van der Waals surface area contributed by atoms with Gasteiger partial charge in [-0.05, 0) is 31.0 Å². The fraction of sp³-hybridized carbons (Fsp3) is 0.533. The summed E-state index contributed by atoms with van der Waals surface area (Å²) in [6, 6.07) is 3.42. The van der Waals surface area contributed by atoms with Crippen molar-refractivity contribution in [2.24, 2.45) is 0 Å². The molecule has 1 aromatic rings. The smallest absolute Gasteiger partial charge is 0.339 e. The third-order valence-electron chi connectivity index (χ3n) is 2.96. The highest BCUT2D eigenvalue weighted by Gasteiger charge is 2.24. The molecule has 1 unspecified atom stereocenters. The number of benzene rings is 1. The molecule has 1 N–H and O–H groups in total. The number of hydrogen-bond acceptors (Lipinski definition) is 5. The van der Waals surface area contributed by atoms with Crippen LogP contribution in [0.15, 0.2) is 12.1 Å². The van der Waals surface area contributed by atoms with Gasteiger partial charge in [0, 0.05) is 5.56 Å². The van der Waals surface area contributed by atoms with Gasteiger partial charge in [-0.1, -0.05) is 13.3 Å². The predicted molar refractivity (Wildman–Crippen MR) is 75.1 cm³/mol. The van der Waals surface area contributed by atoms with Crippen molar-refractivity contribution in [2.75, 3.05) is 20.8 Å². The molecule has 5 heteroatoms. The normalized spacial score (nSPS) is 11.8. The van der Waals surface area contributed by atoms with Crippen LogP contribution in [0.4, 0.5) is 0 Å². The Morgan fingerprint density at radius 1 is 1.20 bits per heavy atom. The van der Waals surface area contributed by atoms with Crippen LogP contribution in [-0.4, -0.2) is 31.9 Å². The summed E-state index contributed by atoms with van der Waals surface area (Å²) in [5.74, 6) is 0.386. The first-order valence-electron chi connectivity index (χ1n) is 6.68. The van der Waals surface area contributed by atoms with Crippen molar-refractivity contribution in [3.05, 3.63) is 23.3 Å². The van der Waals surface area contributed by atoms with E-state index < -0.39 is 12.1 Å². The average Bonchev–Trinajstić information content (AvgIpc) is 2.46. The first-order chi connectivity index (χ1) is 9.58. The zero-order valence-corrected chi connectivity index (χ0v) is 12.4. The van der Waals surface area contributed by atoms with E-state index in [1.54, 1.807) is 26.2 Å². The van der Waals surface area contributed by atoms with Crippen molar-refractivity contribution in [2.45, 2.75) is 32.8 Å². The van der Waals surface area contributed by atoms with Crippen LogP contribution < -0.4 is 9.47 Å². The number of esters is 1. The summed E-state index contributed by atoms with van der Waals surface area (Å²) in [7, 11) is 3.06. The van der Waals surface area contributed by atoms with Crippen LogP contribution in [0.25, 0.3) is 0 Å². The Labute approximate surface area is 119 Å². The number of ether oxygens (including phenoxy) is 3. The molecule has 0 saturated carbocycles. The maximum Gasteiger partial charge on any atom is 0.339 e. The van der Waals surface area contributed by atoms with Crippen LogP contribution in [0.3, 0.4) is 0 Å². The van der Waals surface area contributed by atoms with Gasteiger partial charge < -0.3 is 19.3 Å². The minimum Gasteiger partial charge on any atom is -0.496 e. The predicted octanol–water partition coefficient (Wildman–Crippen LogP) is 2.25. The van der Waals surface area contributed by atoms with Crippen molar-refractivity contribution in [1.29, 1.82) is 0 Å². The lowest BCUT2D eigenvalue weighted by Crippen LogP contribution is -2.16. The summed E-state index contributed by atoms with van der Waals surface area (Å²) in [5.41, 5.74) is 1.33. The van der Waals surface area contributed by atoms with Gasteiger partial charge in [0.15, 0.2) is 6.10 Å². The van der Waals surface area contributed by atoms with Gasteiger partial charge in [-0.3, -0.25) is 0 Å². The molecule has 1 atom stereocenters. The first kappa shape index (κ1) is 16.3. The monoisotopic (exact) mass is 282 g/mol. The zero-order valence-electron chi connectivity index (χ0n) is 12.4. The zero-order chi connectivity index (χ0) is 15.1. The number of carbonyl (C=O) groups is 1. The molecule has 5 nitrogen and oxygen atoms in total. The molecule has 1 rings (SSSR count). The molecule has 0 aliphatic heterocycles. The third kappa shape index (κ3) is 3.63. The Bertz CT molecular complexity index is 456.